The molecule has 0 unspecified atom stereocenters. The van der Waals surface area contributed by atoms with Gasteiger partial charge in [0.2, 0.25) is 0 Å². The van der Waals surface area contributed by atoms with Crippen LogP contribution in [0.25, 0.3) is 0 Å². The minimum absolute atomic E-state index is 0.681. The summed E-state index contributed by atoms with van der Waals surface area (Å²) in [4.78, 5) is 4.48. The summed E-state index contributed by atoms with van der Waals surface area (Å²) in [7, 11) is 0. The van der Waals surface area contributed by atoms with Gasteiger partial charge in [0.25, 0.3) is 0 Å². The average molecular weight is 207 g/mol. The maximum atomic E-state index is 5.61. The van der Waals surface area contributed by atoms with Gasteiger partial charge in [0.1, 0.15) is 17.4 Å². The van der Waals surface area contributed by atoms with Crippen molar-refractivity contribution in [2.24, 2.45) is 4.99 Å². The van der Waals surface area contributed by atoms with E-state index in [0.29, 0.717) is 6.61 Å². The van der Waals surface area contributed by atoms with E-state index in [0.717, 1.165) is 22.9 Å². The van der Waals surface area contributed by atoms with E-state index in [-0.39, 0.29) is 0 Å². The molecular weight excluding hydrogens is 194 g/mol. The summed E-state index contributed by atoms with van der Waals surface area (Å²) in [5.41, 5.74) is 2.38. The van der Waals surface area contributed by atoms with Crippen LogP contribution in [0.4, 0.5) is 0 Å². The lowest BCUT2D eigenvalue weighted by Gasteiger charge is -2.08. The van der Waals surface area contributed by atoms with Crippen LogP contribution in [0.1, 0.15) is 11.1 Å². The summed E-state index contributed by atoms with van der Waals surface area (Å²) in [6, 6.07) is 6.24. The molecule has 2 rings (SSSR count). The van der Waals surface area contributed by atoms with Crippen LogP contribution < -0.4 is 4.74 Å². The average Bonchev–Trinajstić information content (AvgIpc) is 2.39. The monoisotopic (exact) mass is 207 g/mol. The van der Waals surface area contributed by atoms with Crippen LogP contribution in [-0.4, -0.2) is 24.5 Å². The number of aliphatic imine (C=N–C) groups is 1. The molecule has 0 saturated carbocycles. The number of ether oxygens (including phenoxy) is 1. The van der Waals surface area contributed by atoms with Crippen molar-refractivity contribution in [1.29, 1.82) is 0 Å². The lowest BCUT2D eigenvalue weighted by molar-refractivity contribution is 0.331. The SMILES string of the molecule is CSC1=NCCOc2ccc(C)cc21. The number of benzene rings is 1. The Balaban J connectivity index is 2.51. The first-order chi connectivity index (χ1) is 6.81. The normalized spacial score (nSPS) is 15.1. The van der Waals surface area contributed by atoms with Gasteiger partial charge in [-0.25, -0.2) is 0 Å². The molecular formula is C11H13NOS. The molecule has 2 nitrogen and oxygen atoms in total. The van der Waals surface area contributed by atoms with Crippen molar-refractivity contribution in [3.63, 3.8) is 0 Å². The number of thioether (sulfide) groups is 1. The topological polar surface area (TPSA) is 21.6 Å². The van der Waals surface area contributed by atoms with E-state index >= 15 is 0 Å². The quantitative estimate of drug-likeness (QED) is 0.652. The fraction of sp³-hybridized carbons (Fsp3) is 0.364. The lowest BCUT2D eigenvalue weighted by Crippen LogP contribution is -1.99. The van der Waals surface area contributed by atoms with E-state index in [2.05, 4.69) is 30.3 Å². The second kappa shape index (κ2) is 4.05. The Kier molecular flexibility index (Phi) is 2.77. The van der Waals surface area contributed by atoms with Crippen LogP contribution in [0.2, 0.25) is 0 Å². The molecule has 1 aromatic carbocycles. The van der Waals surface area contributed by atoms with Crippen molar-refractivity contribution in [1.82, 2.24) is 0 Å². The van der Waals surface area contributed by atoms with Crippen LogP contribution in [0.3, 0.4) is 0 Å². The summed E-state index contributed by atoms with van der Waals surface area (Å²) >= 11 is 1.68. The molecule has 0 aliphatic carbocycles. The number of nitrogens with zero attached hydrogens (tertiary/aromatic N) is 1. The van der Waals surface area contributed by atoms with Crippen LogP contribution in [0.5, 0.6) is 5.75 Å². The minimum atomic E-state index is 0.681. The van der Waals surface area contributed by atoms with Gasteiger partial charge in [-0.2, -0.15) is 0 Å². The first-order valence-corrected chi connectivity index (χ1v) is 5.86. The molecule has 74 valence electrons. The third kappa shape index (κ3) is 1.77. The summed E-state index contributed by atoms with van der Waals surface area (Å²) in [6.07, 6.45) is 2.05. The van der Waals surface area contributed by atoms with Crippen molar-refractivity contribution < 1.29 is 4.74 Å². The second-order valence-corrected chi connectivity index (χ2v) is 4.03. The van der Waals surface area contributed by atoms with Crippen LogP contribution >= 0.6 is 11.8 Å². The van der Waals surface area contributed by atoms with Gasteiger partial charge in [-0.1, -0.05) is 11.6 Å². The zero-order valence-electron chi connectivity index (χ0n) is 8.41. The highest BCUT2D eigenvalue weighted by molar-refractivity contribution is 8.13. The number of fused-ring (bicyclic) bond motifs is 1. The van der Waals surface area contributed by atoms with E-state index in [1.807, 2.05) is 6.07 Å². The first-order valence-electron chi connectivity index (χ1n) is 4.63. The fourth-order valence-corrected chi connectivity index (χ4v) is 2.10. The van der Waals surface area contributed by atoms with E-state index in [1.165, 1.54) is 5.56 Å². The van der Waals surface area contributed by atoms with Gasteiger partial charge in [0, 0.05) is 5.56 Å². The van der Waals surface area contributed by atoms with Crippen LogP contribution in [-0.2, 0) is 0 Å². The Morgan fingerprint density at radius 1 is 1.43 bits per heavy atom. The smallest absolute Gasteiger partial charge is 0.129 e. The summed E-state index contributed by atoms with van der Waals surface area (Å²) in [5.74, 6) is 0.959. The third-order valence-electron chi connectivity index (χ3n) is 2.16. The highest BCUT2D eigenvalue weighted by Crippen LogP contribution is 2.26. The maximum Gasteiger partial charge on any atom is 0.129 e. The third-order valence-corrected chi connectivity index (χ3v) is 2.90. The maximum absolute atomic E-state index is 5.61. The Hall–Kier alpha value is -0.960. The Bertz CT molecular complexity index is 374. The number of rotatable bonds is 0. The number of hydrogen-bond acceptors (Lipinski definition) is 3. The van der Waals surface area contributed by atoms with Gasteiger partial charge >= 0.3 is 0 Å². The van der Waals surface area contributed by atoms with Crippen molar-refractivity contribution in [3.8, 4) is 5.75 Å². The zero-order chi connectivity index (χ0) is 9.97. The van der Waals surface area contributed by atoms with Crippen molar-refractivity contribution >= 4 is 16.8 Å². The Morgan fingerprint density at radius 2 is 2.29 bits per heavy atom. The number of aryl methyl sites for hydroxylation is 1. The molecule has 0 bridgehead atoms. The molecule has 0 spiro atoms. The van der Waals surface area contributed by atoms with Gasteiger partial charge in [-0.15, -0.1) is 11.8 Å². The second-order valence-electron chi connectivity index (χ2n) is 3.24. The molecule has 0 aromatic heterocycles. The summed E-state index contributed by atoms with van der Waals surface area (Å²) in [5, 5.41) is 1.08. The molecule has 1 aliphatic heterocycles. The van der Waals surface area contributed by atoms with Gasteiger partial charge in [-0.05, 0) is 25.3 Å². The highest BCUT2D eigenvalue weighted by Gasteiger charge is 2.12. The van der Waals surface area contributed by atoms with Crippen molar-refractivity contribution in [2.45, 2.75) is 6.92 Å². The lowest BCUT2D eigenvalue weighted by atomic mass is 10.1. The van der Waals surface area contributed by atoms with Crippen molar-refractivity contribution in [2.75, 3.05) is 19.4 Å². The number of hydrogen-bond donors (Lipinski definition) is 0. The summed E-state index contributed by atoms with van der Waals surface area (Å²) < 4.78 is 5.61. The predicted octanol–water partition coefficient (Wildman–Crippen LogP) is 2.50. The molecule has 14 heavy (non-hydrogen) atoms. The molecule has 0 fully saturated rings. The van der Waals surface area contributed by atoms with E-state index in [1.54, 1.807) is 11.8 Å². The predicted molar refractivity (Wildman–Crippen MR) is 61.6 cm³/mol. The molecule has 0 saturated heterocycles. The van der Waals surface area contributed by atoms with E-state index in [4.69, 9.17) is 4.74 Å². The molecule has 1 aromatic rings. The van der Waals surface area contributed by atoms with Crippen LogP contribution in [0.15, 0.2) is 23.2 Å². The summed E-state index contributed by atoms with van der Waals surface area (Å²) in [6.45, 7) is 3.52. The van der Waals surface area contributed by atoms with E-state index < -0.39 is 0 Å². The standard InChI is InChI=1S/C11H13NOS/c1-8-3-4-10-9(7-8)11(14-2)12-5-6-13-10/h3-4,7H,5-6H2,1-2H3. The molecule has 0 radical (unpaired) electrons. The largest absolute Gasteiger partial charge is 0.491 e. The van der Waals surface area contributed by atoms with E-state index in [9.17, 15) is 0 Å². The molecule has 1 heterocycles. The molecule has 0 amide bonds. The molecule has 0 atom stereocenters. The zero-order valence-corrected chi connectivity index (χ0v) is 9.23. The molecule has 0 N–H and O–H groups in total. The first kappa shape index (κ1) is 9.59. The van der Waals surface area contributed by atoms with Gasteiger partial charge in [0.05, 0.1) is 6.54 Å². The molecule has 1 aliphatic rings. The van der Waals surface area contributed by atoms with Gasteiger partial charge in [0.15, 0.2) is 0 Å². The van der Waals surface area contributed by atoms with Crippen LogP contribution in [0, 0.1) is 6.92 Å². The van der Waals surface area contributed by atoms with Gasteiger partial charge in [-0.3, -0.25) is 4.99 Å². The van der Waals surface area contributed by atoms with Gasteiger partial charge < -0.3 is 4.74 Å². The highest BCUT2D eigenvalue weighted by atomic mass is 32.2. The van der Waals surface area contributed by atoms with Crippen molar-refractivity contribution in [3.05, 3.63) is 29.3 Å². The minimum Gasteiger partial charge on any atom is -0.491 e. The Labute approximate surface area is 88.4 Å². The Morgan fingerprint density at radius 3 is 3.07 bits per heavy atom. The molecule has 3 heteroatoms. The fourth-order valence-electron chi connectivity index (χ4n) is 1.50.